The average molecular weight is 458 g/mol. The number of carbonyl (C=O) groups excluding carboxylic acids is 1. The summed E-state index contributed by atoms with van der Waals surface area (Å²) in [6.07, 6.45) is 0. The maximum atomic E-state index is 13.3. The molecule has 1 amide bonds. The Bertz CT molecular complexity index is 1000. The molecule has 0 saturated carbocycles. The van der Waals surface area contributed by atoms with Gasteiger partial charge < -0.3 is 9.64 Å². The van der Waals surface area contributed by atoms with Crippen LogP contribution in [0, 0.1) is 6.92 Å². The molecule has 0 unspecified atom stereocenters. The lowest BCUT2D eigenvalue weighted by Crippen LogP contribution is -2.37. The molecule has 7 nitrogen and oxygen atoms in total. The van der Waals surface area contributed by atoms with Crippen molar-refractivity contribution >= 4 is 56.6 Å². The summed E-state index contributed by atoms with van der Waals surface area (Å²) in [6, 6.07) is 5.38. The molecule has 29 heavy (non-hydrogen) atoms. The Morgan fingerprint density at radius 3 is 2.62 bits per heavy atom. The Kier molecular flexibility index (Phi) is 7.87. The Hall–Kier alpha value is -1.87. The fourth-order valence-corrected chi connectivity index (χ4v) is 4.16. The van der Waals surface area contributed by atoms with Gasteiger partial charge in [-0.15, -0.1) is 12.4 Å². The summed E-state index contributed by atoms with van der Waals surface area (Å²) in [4.78, 5) is 21.7. The molecule has 0 aliphatic rings. The number of carbonyl (C=O) groups is 1. The molecule has 0 atom stereocenters. The fraction of sp³-hybridized carbons (Fsp3) is 0.421. The topological polar surface area (TPSA) is 63.5 Å². The van der Waals surface area contributed by atoms with Crippen LogP contribution < -0.4 is 9.64 Å². The SMILES string of the molecule is CCn1nc(C(=O)N(CCN(C)C)c2nc3c(OC)ccc(Cl)c3s2)cc1C.Cl. The number of fused-ring (bicyclic) bond motifs is 1. The molecule has 10 heteroatoms. The number of hydrogen-bond donors (Lipinski definition) is 0. The molecule has 2 heterocycles. The quantitative estimate of drug-likeness (QED) is 0.533. The van der Waals surface area contributed by atoms with Crippen LogP contribution in [0.4, 0.5) is 5.13 Å². The first kappa shape index (κ1) is 23.4. The largest absolute Gasteiger partial charge is 0.494 e. The van der Waals surface area contributed by atoms with Crippen LogP contribution in [0.5, 0.6) is 5.75 Å². The van der Waals surface area contributed by atoms with Gasteiger partial charge in [-0.25, -0.2) is 4.98 Å². The van der Waals surface area contributed by atoms with Gasteiger partial charge in [-0.1, -0.05) is 22.9 Å². The number of hydrogen-bond acceptors (Lipinski definition) is 6. The summed E-state index contributed by atoms with van der Waals surface area (Å²) in [5, 5.41) is 5.61. The highest BCUT2D eigenvalue weighted by Crippen LogP contribution is 2.39. The third kappa shape index (κ3) is 4.83. The lowest BCUT2D eigenvalue weighted by Gasteiger charge is -2.21. The molecule has 2 aromatic heterocycles. The van der Waals surface area contributed by atoms with Crippen molar-refractivity contribution in [3.8, 4) is 5.75 Å². The highest BCUT2D eigenvalue weighted by atomic mass is 35.5. The second kappa shape index (κ2) is 9.75. The van der Waals surface area contributed by atoms with E-state index in [1.54, 1.807) is 24.1 Å². The van der Waals surface area contributed by atoms with E-state index in [0.717, 1.165) is 10.4 Å². The van der Waals surface area contributed by atoms with Gasteiger partial charge in [-0.3, -0.25) is 14.4 Å². The van der Waals surface area contributed by atoms with Crippen molar-refractivity contribution in [2.24, 2.45) is 0 Å². The average Bonchev–Trinajstić information content (AvgIpc) is 3.26. The molecular weight excluding hydrogens is 433 g/mol. The Balaban J connectivity index is 0.00000300. The number of ether oxygens (including phenoxy) is 1. The molecule has 0 aliphatic carbocycles. The van der Waals surface area contributed by atoms with Gasteiger partial charge in [0.15, 0.2) is 10.8 Å². The number of amides is 1. The molecule has 1 aromatic carbocycles. The first-order valence-corrected chi connectivity index (χ1v) is 10.2. The van der Waals surface area contributed by atoms with Crippen LogP contribution in [0.15, 0.2) is 18.2 Å². The number of benzene rings is 1. The summed E-state index contributed by atoms with van der Waals surface area (Å²) < 4.78 is 8.03. The van der Waals surface area contributed by atoms with Gasteiger partial charge in [-0.2, -0.15) is 5.10 Å². The number of aryl methyl sites for hydroxylation is 2. The summed E-state index contributed by atoms with van der Waals surface area (Å²) in [5.41, 5.74) is 2.02. The van der Waals surface area contributed by atoms with E-state index in [2.05, 4.69) is 10.1 Å². The van der Waals surface area contributed by atoms with Gasteiger partial charge in [0.2, 0.25) is 0 Å². The minimum absolute atomic E-state index is 0. The smallest absolute Gasteiger partial charge is 0.280 e. The minimum atomic E-state index is -0.175. The lowest BCUT2D eigenvalue weighted by molar-refractivity contribution is 0.0979. The maximum absolute atomic E-state index is 13.3. The second-order valence-electron chi connectivity index (χ2n) is 6.67. The number of nitrogens with zero attached hydrogens (tertiary/aromatic N) is 5. The second-order valence-corrected chi connectivity index (χ2v) is 8.06. The van der Waals surface area contributed by atoms with Gasteiger partial charge in [-0.05, 0) is 46.1 Å². The van der Waals surface area contributed by atoms with Crippen molar-refractivity contribution in [1.29, 1.82) is 0 Å². The van der Waals surface area contributed by atoms with Crippen LogP contribution in [0.25, 0.3) is 10.2 Å². The number of aromatic nitrogens is 3. The normalized spacial score (nSPS) is 11.0. The number of anilines is 1. The molecule has 0 spiro atoms. The highest BCUT2D eigenvalue weighted by Gasteiger charge is 2.25. The molecule has 0 N–H and O–H groups in total. The molecule has 0 aliphatic heterocycles. The fourth-order valence-electron chi connectivity index (χ4n) is 2.88. The zero-order valence-corrected chi connectivity index (χ0v) is 19.5. The molecule has 0 fully saturated rings. The van der Waals surface area contributed by atoms with Crippen LogP contribution in [0.3, 0.4) is 0 Å². The van der Waals surface area contributed by atoms with Crippen molar-refractivity contribution in [3.05, 3.63) is 34.6 Å². The molecule has 0 radical (unpaired) electrons. The van der Waals surface area contributed by atoms with Gasteiger partial charge in [0, 0.05) is 25.3 Å². The first-order chi connectivity index (χ1) is 13.3. The molecule has 158 valence electrons. The van der Waals surface area contributed by atoms with E-state index < -0.39 is 0 Å². The number of methoxy groups -OCH3 is 1. The summed E-state index contributed by atoms with van der Waals surface area (Å²) in [5.74, 6) is 0.458. The van der Waals surface area contributed by atoms with Gasteiger partial charge >= 0.3 is 0 Å². The Morgan fingerprint density at radius 2 is 2.03 bits per heavy atom. The zero-order valence-electron chi connectivity index (χ0n) is 17.1. The van der Waals surface area contributed by atoms with Crippen molar-refractivity contribution < 1.29 is 9.53 Å². The number of thiazole rings is 1. The lowest BCUT2D eigenvalue weighted by atomic mass is 10.3. The number of likely N-dealkylation sites (N-methyl/N-ethyl adjacent to an activating group) is 1. The summed E-state index contributed by atoms with van der Waals surface area (Å²) >= 11 is 7.74. The summed E-state index contributed by atoms with van der Waals surface area (Å²) in [7, 11) is 5.53. The van der Waals surface area contributed by atoms with E-state index in [4.69, 9.17) is 16.3 Å². The third-order valence-corrected chi connectivity index (χ3v) is 5.95. The van der Waals surface area contributed by atoms with E-state index in [1.807, 2.05) is 43.6 Å². The molecule has 3 aromatic rings. The van der Waals surface area contributed by atoms with E-state index >= 15 is 0 Å². The highest BCUT2D eigenvalue weighted by molar-refractivity contribution is 7.23. The van der Waals surface area contributed by atoms with Crippen molar-refractivity contribution in [2.75, 3.05) is 39.2 Å². The molecule has 0 bridgehead atoms. The van der Waals surface area contributed by atoms with Crippen molar-refractivity contribution in [1.82, 2.24) is 19.7 Å². The standard InChI is InChI=1S/C19H24ClN5O2S.ClH/c1-6-25-12(2)11-14(22-25)18(26)24(10-9-23(3)4)19-21-16-15(27-5)8-7-13(20)17(16)28-19;/h7-8,11H,6,9-10H2,1-5H3;1H. The van der Waals surface area contributed by atoms with E-state index in [9.17, 15) is 4.79 Å². The van der Waals surface area contributed by atoms with Gasteiger partial charge in [0.1, 0.15) is 11.3 Å². The van der Waals surface area contributed by atoms with E-state index in [-0.39, 0.29) is 18.3 Å². The van der Waals surface area contributed by atoms with Gasteiger partial charge in [0.25, 0.3) is 5.91 Å². The zero-order chi connectivity index (χ0) is 20.4. The van der Waals surface area contributed by atoms with Crippen LogP contribution in [0.2, 0.25) is 5.02 Å². The Morgan fingerprint density at radius 1 is 1.31 bits per heavy atom. The minimum Gasteiger partial charge on any atom is -0.494 e. The monoisotopic (exact) mass is 457 g/mol. The van der Waals surface area contributed by atoms with Crippen LogP contribution >= 0.6 is 35.3 Å². The molecular formula is C19H25Cl2N5O2S. The molecule has 0 saturated heterocycles. The van der Waals surface area contributed by atoms with Crippen LogP contribution in [-0.2, 0) is 6.54 Å². The maximum Gasteiger partial charge on any atom is 0.280 e. The predicted molar refractivity (Wildman–Crippen MR) is 121 cm³/mol. The van der Waals surface area contributed by atoms with Crippen molar-refractivity contribution in [2.45, 2.75) is 20.4 Å². The van der Waals surface area contributed by atoms with Crippen LogP contribution in [0.1, 0.15) is 23.1 Å². The number of rotatable bonds is 7. The van der Waals surface area contributed by atoms with E-state index in [0.29, 0.717) is 46.7 Å². The predicted octanol–water partition coefficient (Wildman–Crippen LogP) is 4.11. The van der Waals surface area contributed by atoms with E-state index in [1.165, 1.54) is 11.3 Å². The Labute approximate surface area is 185 Å². The van der Waals surface area contributed by atoms with Gasteiger partial charge in [0.05, 0.1) is 16.8 Å². The molecule has 3 rings (SSSR count). The van der Waals surface area contributed by atoms with Crippen molar-refractivity contribution in [3.63, 3.8) is 0 Å². The summed E-state index contributed by atoms with van der Waals surface area (Å²) in [6.45, 7) is 5.84. The number of halogens is 2. The van der Waals surface area contributed by atoms with Crippen LogP contribution in [-0.4, -0.2) is 59.9 Å². The third-order valence-electron chi connectivity index (χ3n) is 4.41. The first-order valence-electron chi connectivity index (χ1n) is 8.99.